The Kier molecular flexibility index (Phi) is 6.63. The van der Waals surface area contributed by atoms with Gasteiger partial charge in [-0.05, 0) is 37.3 Å². The van der Waals surface area contributed by atoms with Gasteiger partial charge in [-0.2, -0.15) is 0 Å². The number of nitrogens with zero attached hydrogens (tertiary/aromatic N) is 3. The van der Waals surface area contributed by atoms with Crippen molar-refractivity contribution in [2.45, 2.75) is 38.3 Å². The summed E-state index contributed by atoms with van der Waals surface area (Å²) in [7, 11) is 0. The summed E-state index contributed by atoms with van der Waals surface area (Å²) in [4.78, 5) is 19.8. The first-order valence-electron chi connectivity index (χ1n) is 11.1. The molecular formula is C25H33N3O. The average Bonchev–Trinajstić information content (AvgIpc) is 2.77. The molecule has 2 fully saturated rings. The van der Waals surface area contributed by atoms with Crippen molar-refractivity contribution in [3.63, 3.8) is 0 Å². The van der Waals surface area contributed by atoms with Crippen LogP contribution in [0.25, 0.3) is 0 Å². The van der Waals surface area contributed by atoms with Crippen LogP contribution in [0.1, 0.15) is 43.4 Å². The smallest absolute Gasteiger partial charge is 0.236 e. The molecule has 2 aliphatic heterocycles. The zero-order valence-corrected chi connectivity index (χ0v) is 17.5. The van der Waals surface area contributed by atoms with Crippen LogP contribution in [0.5, 0.6) is 0 Å². The van der Waals surface area contributed by atoms with Crippen LogP contribution < -0.4 is 0 Å². The lowest BCUT2D eigenvalue weighted by molar-refractivity contribution is -0.136. The summed E-state index contributed by atoms with van der Waals surface area (Å²) >= 11 is 0. The Bertz CT molecular complexity index is 732. The number of benzene rings is 2. The van der Waals surface area contributed by atoms with Crippen LogP contribution in [0.3, 0.4) is 0 Å². The van der Waals surface area contributed by atoms with Gasteiger partial charge in [0.05, 0.1) is 12.6 Å². The fourth-order valence-corrected chi connectivity index (χ4v) is 4.82. The molecular weight excluding hydrogens is 358 g/mol. The SMILES string of the molecule is CC1CCCCN1C(=O)CN1CCN(C(c2ccccc2)c2ccccc2)CC1. The van der Waals surface area contributed by atoms with E-state index in [1.165, 1.54) is 17.5 Å². The predicted molar refractivity (Wildman–Crippen MR) is 118 cm³/mol. The standard InChI is InChI=1S/C25H33N3O/c1-21-10-8-9-15-28(21)24(29)20-26-16-18-27(19-17-26)25(22-11-4-2-5-12-22)23-13-6-3-7-14-23/h2-7,11-14,21,25H,8-10,15-20H2,1H3. The molecule has 0 saturated carbocycles. The highest BCUT2D eigenvalue weighted by atomic mass is 16.2. The summed E-state index contributed by atoms with van der Waals surface area (Å²) < 4.78 is 0. The molecule has 2 aromatic rings. The molecule has 29 heavy (non-hydrogen) atoms. The van der Waals surface area contributed by atoms with Gasteiger partial charge in [0.2, 0.25) is 5.91 Å². The number of rotatable bonds is 5. The summed E-state index contributed by atoms with van der Waals surface area (Å²) in [5, 5.41) is 0. The van der Waals surface area contributed by atoms with E-state index in [1.54, 1.807) is 0 Å². The minimum atomic E-state index is 0.275. The van der Waals surface area contributed by atoms with Gasteiger partial charge >= 0.3 is 0 Å². The summed E-state index contributed by atoms with van der Waals surface area (Å²) in [6, 6.07) is 22.2. The molecule has 0 radical (unpaired) electrons. The molecule has 4 heteroatoms. The highest BCUT2D eigenvalue weighted by molar-refractivity contribution is 5.78. The minimum absolute atomic E-state index is 0.275. The topological polar surface area (TPSA) is 26.8 Å². The van der Waals surface area contributed by atoms with Crippen LogP contribution >= 0.6 is 0 Å². The quantitative estimate of drug-likeness (QED) is 0.776. The fraction of sp³-hybridized carbons (Fsp3) is 0.480. The number of amides is 1. The van der Waals surface area contributed by atoms with Crippen LogP contribution in [0, 0.1) is 0 Å². The molecule has 1 unspecified atom stereocenters. The molecule has 2 aliphatic rings. The number of piperazine rings is 1. The van der Waals surface area contributed by atoms with E-state index in [-0.39, 0.29) is 6.04 Å². The van der Waals surface area contributed by atoms with Gasteiger partial charge in [-0.15, -0.1) is 0 Å². The van der Waals surface area contributed by atoms with Crippen molar-refractivity contribution in [1.29, 1.82) is 0 Å². The lowest BCUT2D eigenvalue weighted by atomic mass is 9.96. The zero-order chi connectivity index (χ0) is 20.1. The molecule has 154 valence electrons. The first-order chi connectivity index (χ1) is 14.2. The van der Waals surface area contributed by atoms with Gasteiger partial charge in [0.1, 0.15) is 0 Å². The highest BCUT2D eigenvalue weighted by Gasteiger charge is 2.29. The molecule has 0 bridgehead atoms. The van der Waals surface area contributed by atoms with Crippen molar-refractivity contribution >= 4 is 5.91 Å². The van der Waals surface area contributed by atoms with Crippen LogP contribution in [-0.4, -0.2) is 65.9 Å². The largest absolute Gasteiger partial charge is 0.339 e. The Morgan fingerprint density at radius 1 is 0.862 bits per heavy atom. The van der Waals surface area contributed by atoms with E-state index in [9.17, 15) is 4.79 Å². The second-order valence-corrected chi connectivity index (χ2v) is 8.47. The molecule has 0 aliphatic carbocycles. The molecule has 0 aromatic heterocycles. The van der Waals surface area contributed by atoms with Crippen molar-refractivity contribution in [1.82, 2.24) is 14.7 Å². The monoisotopic (exact) mass is 391 g/mol. The molecule has 4 rings (SSSR count). The van der Waals surface area contributed by atoms with Gasteiger partial charge in [-0.1, -0.05) is 60.7 Å². The van der Waals surface area contributed by atoms with Gasteiger partial charge in [-0.3, -0.25) is 14.6 Å². The van der Waals surface area contributed by atoms with E-state index in [2.05, 4.69) is 82.3 Å². The number of piperidine rings is 1. The first kappa shape index (κ1) is 20.1. The van der Waals surface area contributed by atoms with Gasteiger partial charge < -0.3 is 4.90 Å². The molecule has 1 amide bonds. The fourth-order valence-electron chi connectivity index (χ4n) is 4.82. The van der Waals surface area contributed by atoms with Crippen molar-refractivity contribution in [2.75, 3.05) is 39.3 Å². The molecule has 0 N–H and O–H groups in total. The molecule has 1 atom stereocenters. The van der Waals surface area contributed by atoms with Gasteiger partial charge in [-0.25, -0.2) is 0 Å². The number of carbonyl (C=O) groups is 1. The number of likely N-dealkylation sites (tertiary alicyclic amines) is 1. The third-order valence-corrected chi connectivity index (χ3v) is 6.48. The Labute approximate surface area is 175 Å². The normalized spacial score (nSPS) is 21.4. The highest BCUT2D eigenvalue weighted by Crippen LogP contribution is 2.29. The second-order valence-electron chi connectivity index (χ2n) is 8.47. The lowest BCUT2D eigenvalue weighted by Crippen LogP contribution is -2.52. The van der Waals surface area contributed by atoms with Crippen molar-refractivity contribution in [3.05, 3.63) is 71.8 Å². The Morgan fingerprint density at radius 3 is 2.00 bits per heavy atom. The maximum atomic E-state index is 12.8. The van der Waals surface area contributed by atoms with E-state index >= 15 is 0 Å². The summed E-state index contributed by atoms with van der Waals surface area (Å²) in [6.45, 7) is 7.56. The maximum Gasteiger partial charge on any atom is 0.236 e. The third-order valence-electron chi connectivity index (χ3n) is 6.48. The van der Waals surface area contributed by atoms with Crippen molar-refractivity contribution in [3.8, 4) is 0 Å². The van der Waals surface area contributed by atoms with Crippen LogP contribution in [0.15, 0.2) is 60.7 Å². The van der Waals surface area contributed by atoms with Crippen LogP contribution in [-0.2, 0) is 4.79 Å². The Morgan fingerprint density at radius 2 is 1.45 bits per heavy atom. The predicted octanol–water partition coefficient (Wildman–Crippen LogP) is 3.79. The van der Waals surface area contributed by atoms with Gasteiger partial charge in [0.15, 0.2) is 0 Å². The van der Waals surface area contributed by atoms with E-state index in [4.69, 9.17) is 0 Å². The second kappa shape index (κ2) is 9.55. The van der Waals surface area contributed by atoms with Crippen LogP contribution in [0.2, 0.25) is 0 Å². The minimum Gasteiger partial charge on any atom is -0.339 e. The number of hydrogen-bond donors (Lipinski definition) is 0. The molecule has 4 nitrogen and oxygen atoms in total. The van der Waals surface area contributed by atoms with E-state index in [0.717, 1.165) is 45.6 Å². The molecule has 0 spiro atoms. The molecule has 2 heterocycles. The van der Waals surface area contributed by atoms with Crippen molar-refractivity contribution in [2.24, 2.45) is 0 Å². The van der Waals surface area contributed by atoms with Gasteiger partial charge in [0, 0.05) is 38.8 Å². The first-order valence-corrected chi connectivity index (χ1v) is 11.1. The summed E-state index contributed by atoms with van der Waals surface area (Å²) in [5.74, 6) is 0.313. The number of hydrogen-bond acceptors (Lipinski definition) is 3. The third kappa shape index (κ3) is 4.88. The van der Waals surface area contributed by atoms with E-state index < -0.39 is 0 Å². The molecule has 2 aromatic carbocycles. The van der Waals surface area contributed by atoms with Crippen molar-refractivity contribution < 1.29 is 4.79 Å². The zero-order valence-electron chi connectivity index (χ0n) is 17.5. The Balaban J connectivity index is 1.40. The number of carbonyl (C=O) groups excluding carboxylic acids is 1. The maximum absolute atomic E-state index is 12.8. The van der Waals surface area contributed by atoms with Gasteiger partial charge in [0.25, 0.3) is 0 Å². The lowest BCUT2D eigenvalue weighted by Gasteiger charge is -2.41. The van der Waals surface area contributed by atoms with E-state index in [1.807, 2.05) is 0 Å². The van der Waals surface area contributed by atoms with E-state index in [0.29, 0.717) is 18.5 Å². The summed E-state index contributed by atoms with van der Waals surface area (Å²) in [6.07, 6.45) is 3.55. The van der Waals surface area contributed by atoms with Crippen LogP contribution in [0.4, 0.5) is 0 Å². The Hall–Kier alpha value is -2.17. The summed E-state index contributed by atoms with van der Waals surface area (Å²) in [5.41, 5.74) is 2.68. The average molecular weight is 392 g/mol. The molecule has 2 saturated heterocycles.